The van der Waals surface area contributed by atoms with Gasteiger partial charge in [-0.3, -0.25) is 19.2 Å². The highest BCUT2D eigenvalue weighted by molar-refractivity contribution is 6.37. The van der Waals surface area contributed by atoms with Crippen molar-refractivity contribution in [2.75, 3.05) is 13.2 Å². The van der Waals surface area contributed by atoms with E-state index >= 15 is 0 Å². The summed E-state index contributed by atoms with van der Waals surface area (Å²) in [5.41, 5.74) is 3.80. The lowest BCUT2D eigenvalue weighted by Crippen LogP contribution is -2.62. The van der Waals surface area contributed by atoms with Crippen LogP contribution in [-0.2, 0) is 23.9 Å². The highest BCUT2D eigenvalue weighted by atomic mass is 16.5. The normalized spacial score (nSPS) is 25.2. The zero-order valence-electron chi connectivity index (χ0n) is 28.8. The summed E-state index contributed by atoms with van der Waals surface area (Å²) in [7, 11) is 0. The van der Waals surface area contributed by atoms with Crippen molar-refractivity contribution < 1.29 is 28.7 Å². The summed E-state index contributed by atoms with van der Waals surface area (Å²) in [5.74, 6) is -2.47. The zero-order valence-corrected chi connectivity index (χ0v) is 28.8. The molecule has 5 N–H and O–H groups in total. The van der Waals surface area contributed by atoms with Gasteiger partial charge in [0.1, 0.15) is 12.1 Å². The van der Waals surface area contributed by atoms with Crippen LogP contribution < -0.4 is 21.7 Å². The summed E-state index contributed by atoms with van der Waals surface area (Å²) in [6.07, 6.45) is 3.27. The average Bonchev–Trinajstić information content (AvgIpc) is 3.17. The number of Topliss-reactive ketones (excluding diaryl/α,β-unsaturated/α-hetero) is 1. The van der Waals surface area contributed by atoms with Crippen molar-refractivity contribution in [2.24, 2.45) is 39.7 Å². The first-order chi connectivity index (χ1) is 19.9. The number of urea groups is 1. The highest BCUT2D eigenvalue weighted by Crippen LogP contribution is 2.65. The van der Waals surface area contributed by atoms with Gasteiger partial charge in [0.25, 0.3) is 5.91 Å². The van der Waals surface area contributed by atoms with E-state index < -0.39 is 47.2 Å². The molecule has 0 bridgehead atoms. The summed E-state index contributed by atoms with van der Waals surface area (Å²) in [6, 6.07) is -3.60. The Hall–Kier alpha value is -2.69. The fraction of sp³-hybridized carbons (Fsp3) is 0.848. The van der Waals surface area contributed by atoms with Gasteiger partial charge in [0, 0.05) is 6.54 Å². The Kier molecular flexibility index (Phi) is 10.2. The monoisotopic (exact) mass is 619 g/mol. The predicted molar refractivity (Wildman–Crippen MR) is 168 cm³/mol. The molecule has 6 atom stereocenters. The fourth-order valence-corrected chi connectivity index (χ4v) is 6.52. The van der Waals surface area contributed by atoms with Gasteiger partial charge in [0.05, 0.1) is 24.3 Å². The van der Waals surface area contributed by atoms with Crippen molar-refractivity contribution >= 4 is 29.5 Å². The van der Waals surface area contributed by atoms with Crippen molar-refractivity contribution in [3.8, 4) is 0 Å². The third-order valence-electron chi connectivity index (χ3n) is 9.85. The first-order valence-electron chi connectivity index (χ1n) is 16.1. The molecule has 0 aromatic heterocycles. The topological polar surface area (TPSA) is 160 Å². The largest absolute Gasteiger partial charge is 0.374 e. The minimum absolute atomic E-state index is 0.103. The number of carbonyl (C=O) groups is 5. The van der Waals surface area contributed by atoms with E-state index in [1.165, 1.54) is 0 Å². The van der Waals surface area contributed by atoms with Gasteiger partial charge in [0.15, 0.2) is 0 Å². The number of fused-ring (bicyclic) bond motifs is 1. The van der Waals surface area contributed by atoms with E-state index in [0.29, 0.717) is 19.6 Å². The van der Waals surface area contributed by atoms with Crippen molar-refractivity contribution in [3.63, 3.8) is 0 Å². The maximum Gasteiger partial charge on any atom is 0.315 e. The third-order valence-corrected chi connectivity index (χ3v) is 9.85. The second-order valence-corrected chi connectivity index (χ2v) is 17.0. The van der Waals surface area contributed by atoms with Crippen LogP contribution in [0, 0.1) is 34.0 Å². The fourth-order valence-electron chi connectivity index (χ4n) is 6.52. The van der Waals surface area contributed by atoms with E-state index in [1.54, 1.807) is 4.90 Å². The van der Waals surface area contributed by atoms with Gasteiger partial charge in [-0.2, -0.15) is 0 Å². The number of nitrogens with one attached hydrogen (secondary N) is 3. The summed E-state index contributed by atoms with van der Waals surface area (Å²) in [4.78, 5) is 67.6. The van der Waals surface area contributed by atoms with Crippen LogP contribution in [0.25, 0.3) is 0 Å². The molecule has 3 fully saturated rings. The summed E-state index contributed by atoms with van der Waals surface area (Å²) in [6.45, 7) is 22.3. The number of ketones is 1. The van der Waals surface area contributed by atoms with Gasteiger partial charge in [-0.15, -0.1) is 0 Å². The maximum atomic E-state index is 14.3. The summed E-state index contributed by atoms with van der Waals surface area (Å²) in [5, 5.41) is 8.74. The molecule has 11 heteroatoms. The van der Waals surface area contributed by atoms with E-state index in [0.717, 1.165) is 19.3 Å². The van der Waals surface area contributed by atoms with Crippen LogP contribution in [-0.4, -0.2) is 77.4 Å². The first kappa shape index (κ1) is 35.8. The molecular formula is C33H57N5O6. The molecule has 0 spiro atoms. The van der Waals surface area contributed by atoms with Crippen molar-refractivity contribution in [1.29, 1.82) is 0 Å². The van der Waals surface area contributed by atoms with Gasteiger partial charge < -0.3 is 31.3 Å². The maximum absolute atomic E-state index is 14.3. The lowest BCUT2D eigenvalue weighted by atomic mass is 9.80. The molecule has 0 aromatic rings. The molecule has 1 unspecified atom stereocenters. The Balaban J connectivity index is 1.81. The van der Waals surface area contributed by atoms with Gasteiger partial charge >= 0.3 is 6.03 Å². The number of hydrogen-bond acceptors (Lipinski definition) is 6. The Bertz CT molecular complexity index is 1130. The van der Waals surface area contributed by atoms with E-state index in [4.69, 9.17) is 10.5 Å². The standard InChI is InChI=1S/C33H57N5O6/c1-30(2,3)21(17-44-32(7,8)9)36-29(43)37-25(31(4,5)6)28(42)38-16-19-22(33(19,10)11)23(38)27(41)35-20(24(39)26(34)40)15-18-13-12-14-18/h18-23,25H,12-17H2,1-11H3,(H2,34,40)(H,35,41)(H2,36,37,43)/t19-,20?,21-,22-,23-,25+/m0/s1. The Morgan fingerprint density at radius 3 is 1.95 bits per heavy atom. The number of nitrogens with zero attached hydrogens (tertiary/aromatic N) is 1. The molecule has 5 amide bonds. The van der Waals surface area contributed by atoms with Crippen LogP contribution in [0.5, 0.6) is 0 Å². The second-order valence-electron chi connectivity index (χ2n) is 17.0. The van der Waals surface area contributed by atoms with Crippen LogP contribution in [0.2, 0.25) is 0 Å². The van der Waals surface area contributed by atoms with Crippen LogP contribution in [0.1, 0.15) is 102 Å². The summed E-state index contributed by atoms with van der Waals surface area (Å²) >= 11 is 0. The lowest BCUT2D eigenvalue weighted by molar-refractivity contribution is -0.145. The third kappa shape index (κ3) is 8.31. The van der Waals surface area contributed by atoms with Gasteiger partial charge in [-0.1, -0.05) is 74.7 Å². The minimum atomic E-state index is -1.08. The average molecular weight is 620 g/mol. The van der Waals surface area contributed by atoms with Crippen LogP contribution >= 0.6 is 0 Å². The Morgan fingerprint density at radius 1 is 0.909 bits per heavy atom. The number of piperidine rings is 1. The molecule has 250 valence electrons. The number of primary amides is 1. The molecule has 1 saturated heterocycles. The predicted octanol–water partition coefficient (Wildman–Crippen LogP) is 3.14. The summed E-state index contributed by atoms with van der Waals surface area (Å²) < 4.78 is 5.98. The van der Waals surface area contributed by atoms with Gasteiger partial charge in [-0.05, 0) is 61.2 Å². The number of amides is 5. The van der Waals surface area contributed by atoms with E-state index in [2.05, 4.69) is 29.8 Å². The zero-order chi connectivity index (χ0) is 33.6. The van der Waals surface area contributed by atoms with Crippen LogP contribution in [0.3, 0.4) is 0 Å². The molecule has 2 saturated carbocycles. The molecule has 11 nitrogen and oxygen atoms in total. The molecule has 0 radical (unpaired) electrons. The van der Waals surface area contributed by atoms with Crippen molar-refractivity contribution in [3.05, 3.63) is 0 Å². The van der Waals surface area contributed by atoms with E-state index in [9.17, 15) is 24.0 Å². The molecule has 1 aliphatic heterocycles. The highest BCUT2D eigenvalue weighted by Gasteiger charge is 2.70. The van der Waals surface area contributed by atoms with Gasteiger partial charge in [-0.25, -0.2) is 4.79 Å². The quantitative estimate of drug-likeness (QED) is 0.260. The molecule has 3 rings (SSSR count). The SMILES string of the molecule is CC(C)(C)OC[C@H](NC(=O)N[C@H](C(=O)N1C[C@H]2[C@@H]([C@H]1C(=O)NC(CC1CCC1)C(=O)C(N)=O)C2(C)C)C(C)(C)C)C(C)(C)C. The second kappa shape index (κ2) is 12.6. The molecule has 2 aliphatic carbocycles. The number of ether oxygens (including phenoxy) is 1. The molecule has 0 aromatic carbocycles. The lowest BCUT2D eigenvalue weighted by Gasteiger charge is -2.39. The van der Waals surface area contributed by atoms with Gasteiger partial charge in [0.2, 0.25) is 17.6 Å². The molecule has 3 aliphatic rings. The number of nitrogens with two attached hydrogens (primary N) is 1. The molecular weight excluding hydrogens is 562 g/mol. The number of hydrogen-bond donors (Lipinski definition) is 4. The number of likely N-dealkylation sites (tertiary alicyclic amines) is 1. The van der Waals surface area contributed by atoms with Crippen LogP contribution in [0.15, 0.2) is 0 Å². The van der Waals surface area contributed by atoms with Crippen molar-refractivity contribution in [1.82, 2.24) is 20.9 Å². The Labute approximate surface area is 263 Å². The smallest absolute Gasteiger partial charge is 0.315 e. The number of rotatable bonds is 11. The molecule has 44 heavy (non-hydrogen) atoms. The number of carbonyl (C=O) groups excluding carboxylic acids is 5. The Morgan fingerprint density at radius 2 is 1.50 bits per heavy atom. The van der Waals surface area contributed by atoms with Crippen LogP contribution in [0.4, 0.5) is 4.79 Å². The minimum Gasteiger partial charge on any atom is -0.374 e. The van der Waals surface area contributed by atoms with E-state index in [-0.39, 0.29) is 46.1 Å². The molecule has 1 heterocycles. The van der Waals surface area contributed by atoms with Crippen molar-refractivity contribution in [2.45, 2.75) is 132 Å². The van der Waals surface area contributed by atoms with E-state index in [1.807, 2.05) is 62.3 Å². The first-order valence-corrected chi connectivity index (χ1v) is 16.1.